The Hall–Kier alpha value is -0.670. The smallest absolute Gasteiger partial charge is 0.119 e. The van der Waals surface area contributed by atoms with Crippen molar-refractivity contribution in [2.24, 2.45) is 0 Å². The number of aliphatic hydroxyl groups is 1. The van der Waals surface area contributed by atoms with Crippen molar-refractivity contribution >= 4 is 11.8 Å². The minimum Gasteiger partial charge on any atom is -0.494 e. The van der Waals surface area contributed by atoms with Gasteiger partial charge in [-0.3, -0.25) is 0 Å². The SMILES string of the molecule is CCOc1ccc(SC(CC)CO)cc1. The maximum atomic E-state index is 9.08. The van der Waals surface area contributed by atoms with E-state index >= 15 is 0 Å². The Balaban J connectivity index is 2.55. The molecule has 0 aliphatic heterocycles. The second kappa shape index (κ2) is 6.75. The molecule has 0 spiro atoms. The van der Waals surface area contributed by atoms with E-state index in [0.717, 1.165) is 12.2 Å². The van der Waals surface area contributed by atoms with Crippen molar-refractivity contribution in [3.05, 3.63) is 24.3 Å². The molecule has 0 heterocycles. The van der Waals surface area contributed by atoms with Crippen LogP contribution >= 0.6 is 11.8 Å². The number of hydrogen-bond acceptors (Lipinski definition) is 3. The molecule has 15 heavy (non-hydrogen) atoms. The van der Waals surface area contributed by atoms with Gasteiger partial charge in [-0.2, -0.15) is 0 Å². The van der Waals surface area contributed by atoms with E-state index in [1.807, 2.05) is 31.2 Å². The highest BCUT2D eigenvalue weighted by molar-refractivity contribution is 8.00. The van der Waals surface area contributed by atoms with Crippen molar-refractivity contribution in [1.29, 1.82) is 0 Å². The lowest BCUT2D eigenvalue weighted by Gasteiger charge is -2.11. The molecular weight excluding hydrogens is 208 g/mol. The summed E-state index contributed by atoms with van der Waals surface area (Å²) < 4.78 is 5.36. The number of benzene rings is 1. The Morgan fingerprint density at radius 1 is 1.27 bits per heavy atom. The normalized spacial score (nSPS) is 12.5. The lowest BCUT2D eigenvalue weighted by atomic mass is 10.3. The topological polar surface area (TPSA) is 29.5 Å². The summed E-state index contributed by atoms with van der Waals surface area (Å²) in [5.41, 5.74) is 0. The van der Waals surface area contributed by atoms with Crippen LogP contribution < -0.4 is 4.74 Å². The van der Waals surface area contributed by atoms with E-state index in [9.17, 15) is 0 Å². The summed E-state index contributed by atoms with van der Waals surface area (Å²) in [5, 5.41) is 9.38. The predicted molar refractivity (Wildman–Crippen MR) is 64.6 cm³/mol. The molecule has 0 radical (unpaired) electrons. The van der Waals surface area contributed by atoms with Gasteiger partial charge in [-0.05, 0) is 37.6 Å². The third-order valence-electron chi connectivity index (χ3n) is 2.10. The Morgan fingerprint density at radius 2 is 1.93 bits per heavy atom. The van der Waals surface area contributed by atoms with Crippen LogP contribution in [0.15, 0.2) is 29.2 Å². The van der Waals surface area contributed by atoms with Gasteiger partial charge in [-0.1, -0.05) is 6.92 Å². The molecule has 2 nitrogen and oxygen atoms in total. The van der Waals surface area contributed by atoms with Crippen molar-refractivity contribution in [3.8, 4) is 5.75 Å². The number of hydrogen-bond donors (Lipinski definition) is 1. The molecule has 3 heteroatoms. The average Bonchev–Trinajstić information content (AvgIpc) is 2.28. The van der Waals surface area contributed by atoms with E-state index in [4.69, 9.17) is 9.84 Å². The molecule has 0 saturated carbocycles. The van der Waals surface area contributed by atoms with Gasteiger partial charge in [0.05, 0.1) is 13.2 Å². The Kier molecular flexibility index (Phi) is 5.58. The molecule has 1 aromatic rings. The van der Waals surface area contributed by atoms with E-state index in [1.54, 1.807) is 11.8 Å². The molecule has 0 aliphatic carbocycles. The van der Waals surface area contributed by atoms with Crippen LogP contribution in [0.4, 0.5) is 0 Å². The molecule has 1 unspecified atom stereocenters. The first-order chi connectivity index (χ1) is 7.30. The van der Waals surface area contributed by atoms with Gasteiger partial charge in [-0.25, -0.2) is 0 Å². The van der Waals surface area contributed by atoms with Crippen LogP contribution in [0.25, 0.3) is 0 Å². The highest BCUT2D eigenvalue weighted by Gasteiger charge is 2.06. The first-order valence-electron chi connectivity index (χ1n) is 5.30. The molecule has 1 aromatic carbocycles. The third kappa shape index (κ3) is 4.14. The Morgan fingerprint density at radius 3 is 2.40 bits per heavy atom. The zero-order chi connectivity index (χ0) is 11.1. The van der Waals surface area contributed by atoms with E-state index in [1.165, 1.54) is 4.90 Å². The summed E-state index contributed by atoms with van der Waals surface area (Å²) >= 11 is 1.71. The second-order valence-corrected chi connectivity index (χ2v) is 4.61. The maximum absolute atomic E-state index is 9.08. The molecule has 1 N–H and O–H groups in total. The summed E-state index contributed by atoms with van der Waals surface area (Å²) in [6.07, 6.45) is 0.981. The molecule has 0 fully saturated rings. The lowest BCUT2D eigenvalue weighted by molar-refractivity contribution is 0.292. The lowest BCUT2D eigenvalue weighted by Crippen LogP contribution is -2.05. The molecule has 84 valence electrons. The van der Waals surface area contributed by atoms with Gasteiger partial charge in [0.15, 0.2) is 0 Å². The molecule has 0 bridgehead atoms. The second-order valence-electron chi connectivity index (χ2n) is 3.24. The van der Waals surface area contributed by atoms with Crippen LogP contribution in [0.1, 0.15) is 20.3 Å². The van der Waals surface area contributed by atoms with Gasteiger partial charge in [-0.15, -0.1) is 11.8 Å². The van der Waals surface area contributed by atoms with Crippen LogP contribution in [-0.2, 0) is 0 Å². The van der Waals surface area contributed by atoms with Gasteiger partial charge < -0.3 is 9.84 Å². The minimum absolute atomic E-state index is 0.231. The molecule has 1 atom stereocenters. The summed E-state index contributed by atoms with van der Waals surface area (Å²) in [6.45, 7) is 4.99. The molecule has 0 aliphatic rings. The van der Waals surface area contributed by atoms with Crippen LogP contribution in [0.3, 0.4) is 0 Å². The van der Waals surface area contributed by atoms with Gasteiger partial charge >= 0.3 is 0 Å². The Bertz CT molecular complexity index is 267. The zero-order valence-electron chi connectivity index (χ0n) is 9.27. The van der Waals surface area contributed by atoms with Crippen molar-refractivity contribution in [2.45, 2.75) is 30.4 Å². The highest BCUT2D eigenvalue weighted by atomic mass is 32.2. The maximum Gasteiger partial charge on any atom is 0.119 e. The summed E-state index contributed by atoms with van der Waals surface area (Å²) in [7, 11) is 0. The number of aliphatic hydroxyl groups excluding tert-OH is 1. The van der Waals surface area contributed by atoms with Crippen molar-refractivity contribution in [3.63, 3.8) is 0 Å². The van der Waals surface area contributed by atoms with Crippen LogP contribution in [0, 0.1) is 0 Å². The molecular formula is C12H18O2S. The molecule has 1 rings (SSSR count). The van der Waals surface area contributed by atoms with Crippen molar-refractivity contribution in [1.82, 2.24) is 0 Å². The number of rotatable bonds is 6. The van der Waals surface area contributed by atoms with E-state index in [-0.39, 0.29) is 6.61 Å². The van der Waals surface area contributed by atoms with Gasteiger partial charge in [0.1, 0.15) is 5.75 Å². The fourth-order valence-corrected chi connectivity index (χ4v) is 2.14. The summed E-state index contributed by atoms with van der Waals surface area (Å²) in [4.78, 5) is 1.18. The number of ether oxygens (including phenoxy) is 1. The minimum atomic E-state index is 0.231. The highest BCUT2D eigenvalue weighted by Crippen LogP contribution is 2.26. The molecule has 0 aromatic heterocycles. The van der Waals surface area contributed by atoms with E-state index < -0.39 is 0 Å². The van der Waals surface area contributed by atoms with Crippen LogP contribution in [0.2, 0.25) is 0 Å². The van der Waals surface area contributed by atoms with Crippen molar-refractivity contribution in [2.75, 3.05) is 13.2 Å². The third-order valence-corrected chi connectivity index (χ3v) is 3.46. The van der Waals surface area contributed by atoms with Gasteiger partial charge in [0.2, 0.25) is 0 Å². The Labute approximate surface area is 95.7 Å². The van der Waals surface area contributed by atoms with Gasteiger partial charge in [0.25, 0.3) is 0 Å². The van der Waals surface area contributed by atoms with Crippen LogP contribution in [0.5, 0.6) is 5.75 Å². The van der Waals surface area contributed by atoms with E-state index in [0.29, 0.717) is 11.9 Å². The fraction of sp³-hybridized carbons (Fsp3) is 0.500. The fourth-order valence-electron chi connectivity index (χ4n) is 1.22. The monoisotopic (exact) mass is 226 g/mol. The standard InChI is InChI=1S/C12H18O2S/c1-3-11(9-13)15-12-7-5-10(6-8-12)14-4-2/h5-8,11,13H,3-4,9H2,1-2H3. The average molecular weight is 226 g/mol. The molecule has 0 saturated heterocycles. The largest absolute Gasteiger partial charge is 0.494 e. The first-order valence-corrected chi connectivity index (χ1v) is 6.18. The van der Waals surface area contributed by atoms with E-state index in [2.05, 4.69) is 6.92 Å². The summed E-state index contributed by atoms with van der Waals surface area (Å²) in [5.74, 6) is 0.902. The summed E-state index contributed by atoms with van der Waals surface area (Å²) in [6, 6.07) is 8.01. The number of thioether (sulfide) groups is 1. The first kappa shape index (κ1) is 12.4. The van der Waals surface area contributed by atoms with Gasteiger partial charge in [0, 0.05) is 10.1 Å². The van der Waals surface area contributed by atoms with Crippen molar-refractivity contribution < 1.29 is 9.84 Å². The quantitative estimate of drug-likeness (QED) is 0.756. The molecule has 0 amide bonds. The van der Waals surface area contributed by atoms with Crippen LogP contribution in [-0.4, -0.2) is 23.6 Å². The predicted octanol–water partition coefficient (Wildman–Crippen LogP) is 2.95. The zero-order valence-corrected chi connectivity index (χ0v) is 10.1.